The summed E-state index contributed by atoms with van der Waals surface area (Å²) in [5.74, 6) is -10.2. The van der Waals surface area contributed by atoms with Crippen molar-refractivity contribution in [1.82, 2.24) is 60.5 Å². The van der Waals surface area contributed by atoms with Crippen molar-refractivity contribution in [2.45, 2.75) is 254 Å². The van der Waals surface area contributed by atoms with Crippen molar-refractivity contribution >= 4 is 65.0 Å². The number of allylic oxidation sites excluding steroid dienone is 2. The number of likely N-dealkylation sites (N-methyl/N-ethyl adjacent to an activating group) is 7. The molecule has 0 aromatic rings. The van der Waals surface area contributed by atoms with E-state index < -0.39 is 161 Å². The summed E-state index contributed by atoms with van der Waals surface area (Å²) < 4.78 is 0. The van der Waals surface area contributed by atoms with Crippen LogP contribution in [0.4, 0.5) is 0 Å². The molecule has 11 amide bonds. The number of nitrogens with one attached hydrogen (secondary N) is 4. The van der Waals surface area contributed by atoms with E-state index >= 15 is 28.8 Å². The Morgan fingerprint density at radius 1 is 0.484 bits per heavy atom. The summed E-state index contributed by atoms with van der Waals surface area (Å²) in [6.07, 6.45) is 4.99. The van der Waals surface area contributed by atoms with Crippen LogP contribution in [0, 0.1) is 35.5 Å². The molecule has 0 aromatic heterocycles. The van der Waals surface area contributed by atoms with E-state index in [1.165, 1.54) is 102 Å². The van der Waals surface area contributed by atoms with Crippen molar-refractivity contribution in [3.8, 4) is 0 Å². The normalized spacial score (nSPS) is 27.8. The molecule has 0 aliphatic carbocycles. The van der Waals surface area contributed by atoms with E-state index in [0.717, 1.165) is 29.1 Å². The predicted molar refractivity (Wildman–Crippen MR) is 359 cm³/mol. The molecule has 25 nitrogen and oxygen atoms in total. The fraction of sp³-hybridized carbons (Fsp3) is 0.809. The summed E-state index contributed by atoms with van der Waals surface area (Å²) in [5.41, 5.74) is -1.58. The average molecular weight is 1320 g/mol. The number of aliphatic hydroxyl groups is 2. The van der Waals surface area contributed by atoms with E-state index in [1.807, 2.05) is 52.5 Å². The molecule has 0 aromatic carbocycles. The number of likely N-dealkylation sites (tertiary alicyclic amines) is 1. The topological polar surface area (TPSA) is 302 Å². The molecular formula is C68H122N12O13. The highest BCUT2D eigenvalue weighted by Gasteiger charge is 2.47. The monoisotopic (exact) mass is 1310 g/mol. The van der Waals surface area contributed by atoms with Crippen LogP contribution in [0.2, 0.25) is 0 Å². The van der Waals surface area contributed by atoms with Crippen LogP contribution in [0.25, 0.3) is 0 Å². The molecule has 2 aliphatic heterocycles. The highest BCUT2D eigenvalue weighted by molar-refractivity contribution is 6.00. The average Bonchev–Trinajstić information content (AvgIpc) is 0.844. The molecule has 2 fully saturated rings. The molecule has 6 N–H and O–H groups in total. The van der Waals surface area contributed by atoms with Crippen LogP contribution in [0.5, 0.6) is 0 Å². The first-order valence-electron chi connectivity index (χ1n) is 33.8. The smallest absolute Gasteiger partial charge is 0.247 e. The number of carbonyl (C=O) groups is 11. The van der Waals surface area contributed by atoms with Crippen LogP contribution >= 0.6 is 0 Å². The van der Waals surface area contributed by atoms with Crippen molar-refractivity contribution in [2.24, 2.45) is 35.5 Å². The molecule has 0 bridgehead atoms. The summed E-state index contributed by atoms with van der Waals surface area (Å²) in [6.45, 7) is 30.2. The number of rotatable bonds is 17. The number of hydrogen-bond donors (Lipinski definition) is 6. The lowest BCUT2D eigenvalue weighted by atomic mass is 9.91. The van der Waals surface area contributed by atoms with Crippen molar-refractivity contribution in [2.75, 3.05) is 69.0 Å². The van der Waals surface area contributed by atoms with Crippen molar-refractivity contribution < 1.29 is 63.0 Å². The number of piperidine rings is 1. The van der Waals surface area contributed by atoms with Crippen molar-refractivity contribution in [3.63, 3.8) is 0 Å². The molecule has 0 spiro atoms. The van der Waals surface area contributed by atoms with Crippen LogP contribution in [-0.2, 0) is 52.7 Å². The van der Waals surface area contributed by atoms with Gasteiger partial charge < -0.3 is 70.7 Å². The maximum Gasteiger partial charge on any atom is 0.247 e. The quantitative estimate of drug-likeness (QED) is 0.114. The maximum absolute atomic E-state index is 15.4. The zero-order valence-corrected chi connectivity index (χ0v) is 61.0. The lowest BCUT2D eigenvalue weighted by molar-refractivity contribution is -0.157. The Morgan fingerprint density at radius 2 is 0.914 bits per heavy atom. The fourth-order valence-electron chi connectivity index (χ4n) is 12.4. The minimum atomic E-state index is -1.65. The van der Waals surface area contributed by atoms with Gasteiger partial charge in [0.1, 0.15) is 66.5 Å². The Kier molecular flexibility index (Phi) is 33.1. The van der Waals surface area contributed by atoms with Crippen LogP contribution in [0.3, 0.4) is 0 Å². The number of amides is 11. The molecule has 0 saturated carbocycles. The first kappa shape index (κ1) is 82.9. The van der Waals surface area contributed by atoms with Gasteiger partial charge in [0, 0.05) is 62.3 Å². The van der Waals surface area contributed by atoms with Gasteiger partial charge in [-0.1, -0.05) is 102 Å². The summed E-state index contributed by atoms with van der Waals surface area (Å²) in [5, 5.41) is 34.8. The van der Waals surface area contributed by atoms with Gasteiger partial charge in [-0.2, -0.15) is 0 Å². The molecule has 2 heterocycles. The van der Waals surface area contributed by atoms with Crippen LogP contribution < -0.4 is 21.3 Å². The molecule has 0 radical (unpaired) electrons. The van der Waals surface area contributed by atoms with Gasteiger partial charge in [-0.15, -0.1) is 0 Å². The van der Waals surface area contributed by atoms with E-state index in [4.69, 9.17) is 0 Å². The van der Waals surface area contributed by atoms with Crippen LogP contribution in [-0.4, -0.2) is 262 Å². The van der Waals surface area contributed by atoms with Gasteiger partial charge in [0.15, 0.2) is 0 Å². The van der Waals surface area contributed by atoms with E-state index in [1.54, 1.807) is 54.5 Å². The van der Waals surface area contributed by atoms with Gasteiger partial charge in [-0.05, 0) is 128 Å². The Morgan fingerprint density at radius 3 is 1.39 bits per heavy atom. The number of nitrogens with zero attached hydrogens (tertiary/aromatic N) is 8. The van der Waals surface area contributed by atoms with E-state index in [-0.39, 0.29) is 56.4 Å². The van der Waals surface area contributed by atoms with Gasteiger partial charge in [0.25, 0.3) is 0 Å². The highest BCUT2D eigenvalue weighted by Crippen LogP contribution is 2.27. The standard InChI is InChI=1S/C68H122N12O13/c1-25-27-31-44(13)56(81)55-60(85)71-47(26-2)62(87)77(22)52(38-80-32-29-28-30-33-80)65(90)76(21)51(37-68(16,17)93)59(84)72-53(42(9)10)66(91)73(18)48(34-39(3)4)58(83)69-45(14)57(82)70-46(15)61(86)74(19)49(35-40(5)6)63(88)75(20)50(36-41(7)8)64(89)78(23)54(43(11)12)67(92)79(55)24/h25,27,39-56,81,93H,26,28-38H2,1-24H3,(H,69,83)(H,70,82)(H,71,85)(H,72,84)/b27-25+/t44-,45+,46-,47+,48+,49+,50+,51+,52-,53+,54+,55+,56-/m1/s1. The molecule has 93 heavy (non-hydrogen) atoms. The van der Waals surface area contributed by atoms with E-state index in [9.17, 15) is 34.2 Å². The first-order valence-corrected chi connectivity index (χ1v) is 33.8. The molecule has 532 valence electrons. The van der Waals surface area contributed by atoms with Gasteiger partial charge in [0.2, 0.25) is 65.0 Å². The molecule has 2 saturated heterocycles. The fourth-order valence-corrected chi connectivity index (χ4v) is 12.4. The van der Waals surface area contributed by atoms with Crippen molar-refractivity contribution in [1.29, 1.82) is 0 Å². The second-order valence-electron chi connectivity index (χ2n) is 29.1. The summed E-state index contributed by atoms with van der Waals surface area (Å²) in [7, 11) is 9.92. The van der Waals surface area contributed by atoms with Gasteiger partial charge in [0.05, 0.1) is 11.7 Å². The Bertz CT molecular complexity index is 2570. The molecule has 25 heteroatoms. The Hall–Kier alpha value is -6.21. The lowest BCUT2D eigenvalue weighted by Gasteiger charge is -2.42. The zero-order chi connectivity index (χ0) is 71.6. The maximum atomic E-state index is 15.4. The predicted octanol–water partition coefficient (Wildman–Crippen LogP) is 3.24. The third-order valence-electron chi connectivity index (χ3n) is 18.3. The summed E-state index contributed by atoms with van der Waals surface area (Å²) in [4.78, 5) is 175. The minimum absolute atomic E-state index is 0.0166. The third-order valence-corrected chi connectivity index (χ3v) is 18.3. The summed E-state index contributed by atoms with van der Waals surface area (Å²) in [6, 6.07) is -14.3. The first-order chi connectivity index (χ1) is 43.0. The molecular weight excluding hydrogens is 1190 g/mol. The molecule has 2 rings (SSSR count). The Labute approximate surface area is 556 Å². The van der Waals surface area contributed by atoms with Gasteiger partial charge in [-0.25, -0.2) is 0 Å². The zero-order valence-electron chi connectivity index (χ0n) is 61.0. The largest absolute Gasteiger partial charge is 0.390 e. The third kappa shape index (κ3) is 23.3. The van der Waals surface area contributed by atoms with E-state index in [0.29, 0.717) is 19.5 Å². The number of aliphatic hydroxyl groups excluding tert-OH is 1. The summed E-state index contributed by atoms with van der Waals surface area (Å²) >= 11 is 0. The number of carbonyl (C=O) groups excluding carboxylic acids is 11. The van der Waals surface area contributed by atoms with Crippen LogP contribution in [0.1, 0.15) is 175 Å². The van der Waals surface area contributed by atoms with Crippen LogP contribution in [0.15, 0.2) is 12.2 Å². The second kappa shape index (κ2) is 37.2. The van der Waals surface area contributed by atoms with Gasteiger partial charge >= 0.3 is 0 Å². The SMILES string of the molecule is C/C=C/C[C@@H](C)[C@@H](O)[C@H]1C(=O)N[C@@H](CC)C(=O)N(C)[C@H](CN2CCCCC2)C(=O)N(C)[C@@H](CC(C)(C)O)C(=O)N[C@@H](C(C)C)C(=O)N(C)[C@@H](CC(C)C)C(=O)N[C@@H](C)C(=O)N[C@H](C)C(=O)N(C)[C@@H](CC(C)C)C(=O)N(C)[C@@H](CC(C)C)C(=O)N(C)[C@@H](C(C)C)C(=O)N1C. The molecule has 13 atom stereocenters. The lowest BCUT2D eigenvalue weighted by Crippen LogP contribution is -2.64. The van der Waals surface area contributed by atoms with E-state index in [2.05, 4.69) is 21.3 Å². The second-order valence-corrected chi connectivity index (χ2v) is 29.1. The Balaban J connectivity index is 3.13. The highest BCUT2D eigenvalue weighted by atomic mass is 16.3. The minimum Gasteiger partial charge on any atom is -0.390 e. The molecule has 2 aliphatic rings. The number of hydrogen-bond acceptors (Lipinski definition) is 14. The molecule has 0 unspecified atom stereocenters. The van der Waals surface area contributed by atoms with Crippen molar-refractivity contribution in [3.05, 3.63) is 12.2 Å². The van der Waals surface area contributed by atoms with Gasteiger partial charge in [-0.3, -0.25) is 52.7 Å².